The first-order valence-electron chi connectivity index (χ1n) is 40.0. The molecule has 5 saturated heterocycles. The third kappa shape index (κ3) is 25.7. The number of nitrogens with two attached hydrogens (primary N) is 3. The molecule has 39 nitrogen and oxygen atoms in total. The van der Waals surface area contributed by atoms with Crippen LogP contribution < -0.4 is 86.3 Å². The molecule has 0 unspecified atom stereocenters. The van der Waals surface area contributed by atoms with Gasteiger partial charge in [-0.2, -0.15) is 0 Å². The van der Waals surface area contributed by atoms with Crippen LogP contribution in [0.3, 0.4) is 0 Å². The molecular formula is C74H122N20O19S2. The van der Waals surface area contributed by atoms with Gasteiger partial charge in [-0.15, -0.1) is 0 Å². The Morgan fingerprint density at radius 3 is 1.62 bits per heavy atom. The summed E-state index contributed by atoms with van der Waals surface area (Å²) in [6.45, 7) is 16.8. The number of nitrogens with one attached hydrogen (secondary N) is 13. The van der Waals surface area contributed by atoms with Crippen molar-refractivity contribution >= 4 is 128 Å². The molecule has 18 amide bonds. The summed E-state index contributed by atoms with van der Waals surface area (Å²) in [5.74, 6) is -18.7. The van der Waals surface area contributed by atoms with Crippen molar-refractivity contribution < 1.29 is 91.7 Å². The number of hydrogen-bond acceptors (Lipinski definition) is 22. The molecular weight excluding hydrogens is 1540 g/mol. The van der Waals surface area contributed by atoms with Crippen molar-refractivity contribution in [3.63, 3.8) is 0 Å². The lowest BCUT2D eigenvalue weighted by molar-refractivity contribution is -0.150. The Labute approximate surface area is 678 Å². The summed E-state index contributed by atoms with van der Waals surface area (Å²) in [7, 11) is 1.72. The molecule has 0 aromatic rings. The number of fused-ring (bicyclic) bond motifs is 10. The summed E-state index contributed by atoms with van der Waals surface area (Å²) in [6, 6.07) is -24.8. The predicted octanol–water partition coefficient (Wildman–Crippen LogP) is -4.02. The van der Waals surface area contributed by atoms with Gasteiger partial charge in [0.15, 0.2) is 5.96 Å². The van der Waals surface area contributed by atoms with E-state index in [1.165, 1.54) is 42.4 Å². The second-order valence-electron chi connectivity index (χ2n) is 31.9. The van der Waals surface area contributed by atoms with E-state index in [-0.39, 0.29) is 102 Å². The SMILES string of the molecule is CC[C@H](C)[C@@H]1NC(=O)[C@H](C)NC(=O)NC(=O)[C@H](C)NC(=O)C[C@@H](C(N)=O)NC(=O)[C@@H]2CCCN2C(=O)[C@H]([C@@H](C)CC)NC(=O)[C@H]2NC(=O)[C@H]([C@@H](C)CC)NC(=O)[C@@H]3C[C@@H]4CCCC[C@@H]4N3C(=O)[C@@H]3CCCN3C(=O)[C@H](CC(C)C)NC(=O)[C@H](CO)NC(=O)[C@H](CCCN=C(N)N)NC(=O)[C@H](CO)NC(=O)[C@H](CSSC2(C)C)NC1=O. The van der Waals surface area contributed by atoms with Gasteiger partial charge in [-0.1, -0.05) is 109 Å². The van der Waals surface area contributed by atoms with Crippen LogP contribution in [0, 0.1) is 29.6 Å². The monoisotopic (exact) mass is 1660 g/mol. The molecule has 0 aromatic heterocycles. The van der Waals surface area contributed by atoms with Crippen molar-refractivity contribution in [2.45, 2.75) is 287 Å². The Morgan fingerprint density at radius 2 is 1.03 bits per heavy atom. The highest BCUT2D eigenvalue weighted by atomic mass is 33.1. The maximum absolute atomic E-state index is 15.8. The minimum Gasteiger partial charge on any atom is -0.394 e. The second-order valence-corrected chi connectivity index (χ2v) is 34.9. The summed E-state index contributed by atoms with van der Waals surface area (Å²) >= 11 is 0. The van der Waals surface area contributed by atoms with Crippen molar-refractivity contribution in [1.82, 2.24) is 83.8 Å². The van der Waals surface area contributed by atoms with Crippen molar-refractivity contribution in [3.05, 3.63) is 0 Å². The van der Waals surface area contributed by atoms with Crippen molar-refractivity contribution in [2.24, 2.45) is 51.8 Å². The zero-order valence-corrected chi connectivity index (χ0v) is 69.5. The molecule has 5 heterocycles. The molecule has 644 valence electrons. The third-order valence-corrected chi connectivity index (χ3v) is 25.7. The molecule has 6 rings (SSSR count). The van der Waals surface area contributed by atoms with Crippen molar-refractivity contribution in [1.29, 1.82) is 0 Å². The third-order valence-electron chi connectivity index (χ3n) is 22.4. The normalized spacial score (nSPS) is 31.4. The summed E-state index contributed by atoms with van der Waals surface area (Å²) in [5, 5.41) is 54.7. The fourth-order valence-corrected chi connectivity index (χ4v) is 17.9. The minimum atomic E-state index is -1.96. The Morgan fingerprint density at radius 1 is 0.522 bits per heavy atom. The van der Waals surface area contributed by atoms with Gasteiger partial charge in [0.1, 0.15) is 90.6 Å². The van der Waals surface area contributed by atoms with Gasteiger partial charge < -0.3 is 106 Å². The molecule has 0 radical (unpaired) electrons. The number of hydrogen-bond donors (Lipinski definition) is 18. The predicted molar refractivity (Wildman–Crippen MR) is 423 cm³/mol. The fourth-order valence-electron chi connectivity index (χ4n) is 15.0. The number of amides is 18. The molecule has 1 aliphatic carbocycles. The number of imide groups is 1. The Hall–Kier alpha value is -9.12. The van der Waals surface area contributed by atoms with Crippen LogP contribution in [0.2, 0.25) is 0 Å². The number of carbonyl (C=O) groups is 17. The molecule has 6 aliphatic rings. The Kier molecular flexibility index (Phi) is 36.0. The van der Waals surface area contributed by atoms with E-state index >= 15 is 33.6 Å². The first kappa shape index (κ1) is 94.7. The average molecular weight is 1660 g/mol. The zero-order valence-electron chi connectivity index (χ0n) is 67.9. The minimum absolute atomic E-state index is 0.00437. The van der Waals surface area contributed by atoms with Gasteiger partial charge >= 0.3 is 6.03 Å². The number of aliphatic imine (C=N–C) groups is 1. The molecule has 115 heavy (non-hydrogen) atoms. The summed E-state index contributed by atoms with van der Waals surface area (Å²) in [6.07, 6.45) is 3.21. The number of nitrogens with zero attached hydrogens (tertiary/aromatic N) is 4. The molecule has 20 atom stereocenters. The highest BCUT2D eigenvalue weighted by Gasteiger charge is 2.53. The van der Waals surface area contributed by atoms with Gasteiger partial charge in [-0.05, 0) is 121 Å². The summed E-state index contributed by atoms with van der Waals surface area (Å²) in [4.78, 5) is 256. The number of aliphatic hydroxyl groups excluding tert-OH is 2. The molecule has 0 aromatic carbocycles. The molecule has 21 N–H and O–H groups in total. The van der Waals surface area contributed by atoms with E-state index in [9.17, 15) is 58.2 Å². The van der Waals surface area contributed by atoms with Crippen molar-refractivity contribution in [2.75, 3.05) is 38.6 Å². The van der Waals surface area contributed by atoms with Crippen LogP contribution >= 0.6 is 21.6 Å². The van der Waals surface area contributed by atoms with E-state index in [1.807, 2.05) is 5.32 Å². The fraction of sp³-hybridized carbons (Fsp3) is 0.757. The zero-order chi connectivity index (χ0) is 85.6. The molecule has 41 heteroatoms. The first-order valence-corrected chi connectivity index (χ1v) is 42.3. The number of aliphatic hydroxyl groups is 2. The maximum atomic E-state index is 15.8. The standard InChI is InChI=1S/C74H122N20O19S2/c1-13-36(6)53-66(107)86-47-34-114-115-74(11,12)56(68(109)89-55(38(8)15-3)71(112)92-27-19-24-49(92)64(105)82-43(57(75)98)31-52(97)79-39(9)59(100)91-73(113)80-40(10)58(99)87-53)90-67(108)54(37(7)14-2)88-65(106)51-30-41-21-16-17-23-48(41)94(51)70(111)50-25-20-28-93(50)69(110)44(29-35(4)5)83-62(103)46(33-96)84-60(101)42(22-18-26-78-72(76)77)81-61(102)45(32-95)85-63(47)104/h35-51,53-56,95-96H,13-34H2,1-12H3,(H2,75,98)(H,79,97)(H,81,102)(H,82,105)(H,83,103)(H,84,101)(H,85,104)(H,86,107)(H,87,99)(H,88,106)(H,89,109)(H,90,108)(H4,76,77,78)(H2,80,91,100,113)/t36-,37-,38-,39-,40-,41-,42-,43-,44-,45-,46-,47-,48-,49-,50-,51-,53-,54-,55-,56+/m0/s1. The molecule has 2 bridgehead atoms. The second kappa shape index (κ2) is 43.7. The van der Waals surface area contributed by atoms with E-state index in [0.717, 1.165) is 28.0 Å². The van der Waals surface area contributed by atoms with E-state index in [2.05, 4.69) is 68.8 Å². The van der Waals surface area contributed by atoms with Gasteiger partial charge in [-0.25, -0.2) is 4.79 Å². The number of carbonyl (C=O) groups excluding carboxylic acids is 17. The van der Waals surface area contributed by atoms with Gasteiger partial charge in [0, 0.05) is 36.2 Å². The van der Waals surface area contributed by atoms with Crippen molar-refractivity contribution in [3.8, 4) is 0 Å². The lowest BCUT2D eigenvalue weighted by Crippen LogP contribution is -2.64. The number of primary amides is 1. The van der Waals surface area contributed by atoms with Crippen LogP contribution in [0.5, 0.6) is 0 Å². The van der Waals surface area contributed by atoms with Crippen LogP contribution in [-0.2, 0) is 76.7 Å². The molecule has 5 aliphatic heterocycles. The topological polar surface area (TPSA) is 587 Å². The van der Waals surface area contributed by atoms with Crippen LogP contribution in [-0.4, -0.2) is 271 Å². The highest BCUT2D eigenvalue weighted by Crippen LogP contribution is 2.42. The van der Waals surface area contributed by atoms with Gasteiger partial charge in [-0.3, -0.25) is 87.0 Å². The van der Waals surface area contributed by atoms with E-state index < -0.39 is 245 Å². The van der Waals surface area contributed by atoms with Gasteiger partial charge in [0.2, 0.25) is 94.5 Å². The number of guanidine groups is 1. The van der Waals surface area contributed by atoms with E-state index in [1.54, 1.807) is 55.4 Å². The largest absolute Gasteiger partial charge is 0.394 e. The maximum Gasteiger partial charge on any atom is 0.322 e. The van der Waals surface area contributed by atoms with E-state index in [4.69, 9.17) is 17.2 Å². The van der Waals surface area contributed by atoms with Crippen LogP contribution in [0.25, 0.3) is 0 Å². The summed E-state index contributed by atoms with van der Waals surface area (Å²) < 4.78 is -1.62. The average Bonchev–Trinajstić information content (AvgIpc) is 1.61. The summed E-state index contributed by atoms with van der Waals surface area (Å²) in [5.41, 5.74) is 16.9. The Balaban J connectivity index is 1.55. The molecule has 0 spiro atoms. The quantitative estimate of drug-likeness (QED) is 0.0321. The number of urea groups is 1. The smallest absolute Gasteiger partial charge is 0.322 e. The highest BCUT2D eigenvalue weighted by molar-refractivity contribution is 8.77. The van der Waals surface area contributed by atoms with Crippen LogP contribution in [0.1, 0.15) is 186 Å². The first-order chi connectivity index (χ1) is 54.2. The Bertz CT molecular complexity index is 3590. The lowest BCUT2D eigenvalue weighted by atomic mass is 9.84. The lowest BCUT2D eigenvalue weighted by Gasteiger charge is -2.39. The van der Waals surface area contributed by atoms with Crippen LogP contribution in [0.15, 0.2) is 4.99 Å². The number of rotatable bonds is 15. The van der Waals surface area contributed by atoms with Crippen LogP contribution in [0.4, 0.5) is 4.79 Å². The molecule has 6 fully saturated rings. The van der Waals surface area contributed by atoms with E-state index in [0.29, 0.717) is 25.7 Å². The van der Waals surface area contributed by atoms with Gasteiger partial charge in [0.25, 0.3) is 0 Å². The van der Waals surface area contributed by atoms with Gasteiger partial charge in [0.05, 0.1) is 19.6 Å². The molecule has 1 saturated carbocycles.